The Morgan fingerprint density at radius 3 is 1.54 bits per heavy atom. The van der Waals surface area contributed by atoms with Gasteiger partial charge in [0.2, 0.25) is 0 Å². The van der Waals surface area contributed by atoms with Crippen LogP contribution in [0.2, 0.25) is 0 Å². The molecule has 4 aromatic rings. The number of rotatable bonds is 8. The summed E-state index contributed by atoms with van der Waals surface area (Å²) in [5.41, 5.74) is 7.03. The summed E-state index contributed by atoms with van der Waals surface area (Å²) in [4.78, 5) is 0. The monoisotopic (exact) mass is 616 g/mol. The first-order chi connectivity index (χ1) is 20.0. The van der Waals surface area contributed by atoms with E-state index in [9.17, 15) is 0 Å². The zero-order chi connectivity index (χ0) is 28.8. The highest BCUT2D eigenvalue weighted by Gasteiger charge is 2.55. The molecule has 212 valence electrons. The summed E-state index contributed by atoms with van der Waals surface area (Å²) >= 11 is 3.98. The van der Waals surface area contributed by atoms with Crippen LogP contribution in [0.1, 0.15) is 57.1 Å². The molecular formula is C34H33BrO6. The van der Waals surface area contributed by atoms with Gasteiger partial charge in [0.05, 0.1) is 47.1 Å². The lowest BCUT2D eigenvalue weighted by Gasteiger charge is -2.41. The van der Waals surface area contributed by atoms with Gasteiger partial charge < -0.3 is 28.4 Å². The van der Waals surface area contributed by atoms with Gasteiger partial charge in [-0.3, -0.25) is 0 Å². The molecule has 7 heteroatoms. The molecule has 6 rings (SSSR count). The van der Waals surface area contributed by atoms with E-state index in [0.29, 0.717) is 0 Å². The highest BCUT2D eigenvalue weighted by atomic mass is 79.9. The number of hydrogen-bond donors (Lipinski definition) is 0. The van der Waals surface area contributed by atoms with E-state index < -0.39 is 0 Å². The minimum Gasteiger partial charge on any atom is -0.497 e. The molecule has 0 spiro atoms. The molecule has 0 saturated heterocycles. The van der Waals surface area contributed by atoms with E-state index in [-0.39, 0.29) is 23.7 Å². The van der Waals surface area contributed by atoms with Gasteiger partial charge in [0.25, 0.3) is 0 Å². The van der Waals surface area contributed by atoms with E-state index in [1.165, 1.54) is 16.7 Å². The lowest BCUT2D eigenvalue weighted by Crippen LogP contribution is -2.27. The van der Waals surface area contributed by atoms with Gasteiger partial charge in [-0.05, 0) is 68.5 Å². The van der Waals surface area contributed by atoms with Gasteiger partial charge in [-0.2, -0.15) is 0 Å². The van der Waals surface area contributed by atoms with Crippen LogP contribution in [0.5, 0.6) is 34.5 Å². The SMILES string of the molecule is COc1ccc(C2C3c4c(OC)cc(OC)cc4C2[C@H](c2ccc(OC)cc2)c2c(OC)cc(OC)c(Br)c23)cc1. The molecule has 0 saturated carbocycles. The molecule has 0 N–H and O–H groups in total. The first-order valence-electron chi connectivity index (χ1n) is 13.5. The Balaban J connectivity index is 1.74. The normalized spacial score (nSPS) is 20.1. The van der Waals surface area contributed by atoms with E-state index in [1.54, 1.807) is 42.7 Å². The lowest BCUT2D eigenvalue weighted by atomic mass is 9.63. The van der Waals surface area contributed by atoms with Gasteiger partial charge >= 0.3 is 0 Å². The Bertz CT molecular complexity index is 1580. The number of hydrogen-bond acceptors (Lipinski definition) is 6. The van der Waals surface area contributed by atoms with Crippen molar-refractivity contribution >= 4 is 15.9 Å². The molecule has 3 unspecified atom stereocenters. The van der Waals surface area contributed by atoms with Crippen LogP contribution in [-0.2, 0) is 0 Å². The predicted molar refractivity (Wildman–Crippen MR) is 162 cm³/mol. The molecule has 0 aliphatic heterocycles. The molecule has 41 heavy (non-hydrogen) atoms. The fourth-order valence-corrected chi connectivity index (χ4v) is 7.72. The molecule has 2 bridgehead atoms. The van der Waals surface area contributed by atoms with Gasteiger partial charge in [0.15, 0.2) is 0 Å². The summed E-state index contributed by atoms with van der Waals surface area (Å²) in [5.74, 6) is 4.79. The third-order valence-corrected chi connectivity index (χ3v) is 9.50. The molecule has 2 aliphatic rings. The summed E-state index contributed by atoms with van der Waals surface area (Å²) in [6.45, 7) is 0. The van der Waals surface area contributed by atoms with Gasteiger partial charge in [0.1, 0.15) is 34.5 Å². The number of benzene rings is 4. The van der Waals surface area contributed by atoms with Crippen molar-refractivity contribution in [1.29, 1.82) is 0 Å². The van der Waals surface area contributed by atoms with Crippen LogP contribution in [0.25, 0.3) is 0 Å². The van der Waals surface area contributed by atoms with Crippen molar-refractivity contribution in [1.82, 2.24) is 0 Å². The largest absolute Gasteiger partial charge is 0.497 e. The molecular weight excluding hydrogens is 584 g/mol. The lowest BCUT2D eigenvalue weighted by molar-refractivity contribution is 0.370. The smallest absolute Gasteiger partial charge is 0.137 e. The first-order valence-corrected chi connectivity index (χ1v) is 14.3. The maximum Gasteiger partial charge on any atom is 0.137 e. The third-order valence-electron chi connectivity index (χ3n) is 8.69. The average Bonchev–Trinajstić information content (AvgIpc) is 3.28. The first kappa shape index (κ1) is 27.3. The minimum absolute atomic E-state index is 0.0351. The molecule has 0 amide bonds. The summed E-state index contributed by atoms with van der Waals surface area (Å²) in [5, 5.41) is 0. The Morgan fingerprint density at radius 2 is 1.00 bits per heavy atom. The second kappa shape index (κ2) is 10.9. The zero-order valence-electron chi connectivity index (χ0n) is 24.0. The second-order valence-electron chi connectivity index (χ2n) is 10.3. The average molecular weight is 618 g/mol. The highest BCUT2D eigenvalue weighted by molar-refractivity contribution is 9.10. The molecule has 0 aromatic heterocycles. The number of halogens is 1. The Labute approximate surface area is 249 Å². The summed E-state index contributed by atoms with van der Waals surface area (Å²) in [6.07, 6.45) is 0. The Morgan fingerprint density at radius 1 is 0.463 bits per heavy atom. The van der Waals surface area contributed by atoms with Crippen LogP contribution in [0, 0.1) is 0 Å². The van der Waals surface area contributed by atoms with E-state index in [1.807, 2.05) is 36.4 Å². The van der Waals surface area contributed by atoms with Crippen molar-refractivity contribution in [2.24, 2.45) is 0 Å². The fourth-order valence-electron chi connectivity index (χ4n) is 6.99. The van der Waals surface area contributed by atoms with Gasteiger partial charge in [-0.15, -0.1) is 0 Å². The molecule has 4 aromatic carbocycles. The number of ether oxygens (including phenoxy) is 6. The molecule has 0 heterocycles. The number of methoxy groups -OCH3 is 6. The van der Waals surface area contributed by atoms with E-state index in [4.69, 9.17) is 28.4 Å². The van der Waals surface area contributed by atoms with Crippen LogP contribution in [0.4, 0.5) is 0 Å². The van der Waals surface area contributed by atoms with Gasteiger partial charge in [-0.1, -0.05) is 24.3 Å². The number of fused-ring (bicyclic) bond motifs is 7. The van der Waals surface area contributed by atoms with Crippen molar-refractivity contribution in [2.75, 3.05) is 42.7 Å². The molecule has 2 aliphatic carbocycles. The van der Waals surface area contributed by atoms with Crippen molar-refractivity contribution in [2.45, 2.75) is 23.7 Å². The molecule has 4 atom stereocenters. The third kappa shape index (κ3) is 4.21. The van der Waals surface area contributed by atoms with Crippen molar-refractivity contribution in [3.05, 3.63) is 105 Å². The summed E-state index contributed by atoms with van der Waals surface area (Å²) in [6, 6.07) is 22.9. The van der Waals surface area contributed by atoms with Gasteiger partial charge in [0, 0.05) is 46.9 Å². The van der Waals surface area contributed by atoms with E-state index >= 15 is 0 Å². The molecule has 6 nitrogen and oxygen atoms in total. The van der Waals surface area contributed by atoms with Gasteiger partial charge in [-0.25, -0.2) is 0 Å². The van der Waals surface area contributed by atoms with Crippen molar-refractivity contribution in [3.8, 4) is 34.5 Å². The van der Waals surface area contributed by atoms with Crippen LogP contribution >= 0.6 is 15.9 Å². The van der Waals surface area contributed by atoms with Crippen LogP contribution < -0.4 is 28.4 Å². The quantitative estimate of drug-likeness (QED) is 0.203. The molecule has 0 radical (unpaired) electrons. The van der Waals surface area contributed by atoms with E-state index in [2.05, 4.69) is 46.3 Å². The fraction of sp³-hybridized carbons (Fsp3) is 0.294. The Hall–Kier alpha value is -3.84. The topological polar surface area (TPSA) is 55.4 Å². The van der Waals surface area contributed by atoms with Crippen molar-refractivity contribution < 1.29 is 28.4 Å². The predicted octanol–water partition coefficient (Wildman–Crippen LogP) is 7.66. The highest BCUT2D eigenvalue weighted by Crippen LogP contribution is 2.70. The second-order valence-corrected chi connectivity index (χ2v) is 11.1. The van der Waals surface area contributed by atoms with Crippen LogP contribution in [-0.4, -0.2) is 42.7 Å². The maximum atomic E-state index is 6.10. The van der Waals surface area contributed by atoms with Crippen LogP contribution in [0.3, 0.4) is 0 Å². The summed E-state index contributed by atoms with van der Waals surface area (Å²) < 4.78 is 35.8. The summed E-state index contributed by atoms with van der Waals surface area (Å²) in [7, 11) is 10.2. The standard InChI is InChI=1S/C34H33BrO6/c1-36-20-11-7-18(8-12-20)27-30-23-15-22(38-3)16-24(39-4)29(23)32(28(30)19-9-13-21(37-2)14-10-19)33-31(27)25(40-5)17-26(41-6)34(33)35/h7-17,27-28,30,32H,1-6H3/t27-,28?,30?,32?/m0/s1. The van der Waals surface area contributed by atoms with E-state index in [0.717, 1.165) is 55.7 Å². The minimum atomic E-state index is -0.0468. The molecule has 0 fully saturated rings. The zero-order valence-corrected chi connectivity index (χ0v) is 25.6. The van der Waals surface area contributed by atoms with Crippen molar-refractivity contribution in [3.63, 3.8) is 0 Å². The van der Waals surface area contributed by atoms with Crippen LogP contribution in [0.15, 0.2) is 71.2 Å². The Kier molecular flexibility index (Phi) is 7.24. The maximum absolute atomic E-state index is 6.10.